The lowest BCUT2D eigenvalue weighted by atomic mass is 10.2. The molecule has 0 aliphatic carbocycles. The Hall–Kier alpha value is -2.42. The smallest absolute Gasteiger partial charge is 0.320 e. The molecule has 0 unspecified atom stereocenters. The molecule has 3 heterocycles. The number of imidazole rings is 1. The lowest BCUT2D eigenvalue weighted by Crippen LogP contribution is -2.28. The topological polar surface area (TPSA) is 129 Å². The summed E-state index contributed by atoms with van der Waals surface area (Å²) in [5, 5.41) is 3.37. The summed E-state index contributed by atoms with van der Waals surface area (Å²) in [6, 6.07) is 0.788. The standard InChI is InChI=1S/C14H22N8O/c1-8(2)22-7-18-10-11(19-13(15)16)20-14(21-12(10)22)23-6-9-4-3-5-17-9/h7-9,17H,3-6H2,1-2H3,(H4,15,16,19,20,21)/t9-/m0/s1. The molecule has 1 aliphatic heterocycles. The van der Waals surface area contributed by atoms with Crippen molar-refractivity contribution in [2.75, 3.05) is 13.2 Å². The molecule has 2 aromatic heterocycles. The number of nitrogens with zero attached hydrogens (tertiary/aromatic N) is 5. The summed E-state index contributed by atoms with van der Waals surface area (Å²) < 4.78 is 7.68. The number of ether oxygens (including phenoxy) is 1. The number of fused-ring (bicyclic) bond motifs is 1. The van der Waals surface area contributed by atoms with Crippen LogP contribution in [0.2, 0.25) is 0 Å². The van der Waals surface area contributed by atoms with Crippen molar-refractivity contribution in [1.82, 2.24) is 24.8 Å². The number of aromatic nitrogens is 4. The highest BCUT2D eigenvalue weighted by atomic mass is 16.5. The Morgan fingerprint density at radius 2 is 2.30 bits per heavy atom. The summed E-state index contributed by atoms with van der Waals surface area (Å²) in [5.41, 5.74) is 12.2. The quantitative estimate of drug-likeness (QED) is 0.539. The molecule has 1 saturated heterocycles. The number of hydrogen-bond acceptors (Lipinski definition) is 6. The van der Waals surface area contributed by atoms with Crippen molar-refractivity contribution in [3.63, 3.8) is 0 Å². The molecule has 3 rings (SSSR count). The van der Waals surface area contributed by atoms with Gasteiger partial charge in [0, 0.05) is 12.1 Å². The molecule has 9 heteroatoms. The van der Waals surface area contributed by atoms with Crippen LogP contribution in [-0.4, -0.2) is 44.7 Å². The summed E-state index contributed by atoms with van der Waals surface area (Å²) in [6.45, 7) is 5.63. The van der Waals surface area contributed by atoms with Crippen LogP contribution in [0.25, 0.3) is 11.2 Å². The van der Waals surface area contributed by atoms with Crippen molar-refractivity contribution in [3.05, 3.63) is 6.33 Å². The Morgan fingerprint density at radius 1 is 1.48 bits per heavy atom. The first-order chi connectivity index (χ1) is 11.0. The first-order valence-electron chi connectivity index (χ1n) is 7.75. The molecule has 2 aromatic rings. The summed E-state index contributed by atoms with van der Waals surface area (Å²) >= 11 is 0. The normalized spacial score (nSPS) is 17.8. The number of rotatable bonds is 5. The molecule has 124 valence electrons. The van der Waals surface area contributed by atoms with Gasteiger partial charge in [0.15, 0.2) is 22.9 Å². The van der Waals surface area contributed by atoms with Crippen LogP contribution < -0.4 is 21.5 Å². The van der Waals surface area contributed by atoms with Gasteiger partial charge in [0.25, 0.3) is 0 Å². The molecule has 1 atom stereocenters. The highest BCUT2D eigenvalue weighted by Gasteiger charge is 2.18. The minimum atomic E-state index is -0.0764. The van der Waals surface area contributed by atoms with Gasteiger partial charge in [-0.3, -0.25) is 0 Å². The Labute approximate surface area is 134 Å². The zero-order chi connectivity index (χ0) is 16.4. The van der Waals surface area contributed by atoms with E-state index in [1.165, 1.54) is 0 Å². The van der Waals surface area contributed by atoms with Crippen LogP contribution in [0.15, 0.2) is 11.3 Å². The van der Waals surface area contributed by atoms with E-state index in [0.717, 1.165) is 19.4 Å². The van der Waals surface area contributed by atoms with Crippen LogP contribution in [-0.2, 0) is 0 Å². The first kappa shape index (κ1) is 15.5. The maximum absolute atomic E-state index is 5.75. The summed E-state index contributed by atoms with van der Waals surface area (Å²) in [7, 11) is 0. The van der Waals surface area contributed by atoms with Crippen LogP contribution >= 0.6 is 0 Å². The summed E-state index contributed by atoms with van der Waals surface area (Å²) in [6.07, 6.45) is 3.96. The van der Waals surface area contributed by atoms with Crippen molar-refractivity contribution >= 4 is 22.9 Å². The molecule has 0 amide bonds. The Morgan fingerprint density at radius 3 is 2.96 bits per heavy atom. The molecule has 1 fully saturated rings. The van der Waals surface area contributed by atoms with Crippen LogP contribution in [0.5, 0.6) is 6.01 Å². The second-order valence-electron chi connectivity index (χ2n) is 5.89. The van der Waals surface area contributed by atoms with E-state index < -0.39 is 0 Å². The van der Waals surface area contributed by atoms with Gasteiger partial charge < -0.3 is 26.1 Å². The molecular weight excluding hydrogens is 296 g/mol. The predicted octanol–water partition coefficient (Wildman–Crippen LogP) is 0.443. The molecule has 0 aromatic carbocycles. The molecule has 0 saturated carbocycles. The molecule has 9 nitrogen and oxygen atoms in total. The lowest BCUT2D eigenvalue weighted by Gasteiger charge is -2.12. The number of hydrogen-bond donors (Lipinski definition) is 3. The van der Waals surface area contributed by atoms with Crippen molar-refractivity contribution in [3.8, 4) is 6.01 Å². The van der Waals surface area contributed by atoms with Crippen molar-refractivity contribution in [2.24, 2.45) is 16.5 Å². The van der Waals surface area contributed by atoms with Gasteiger partial charge in [0.2, 0.25) is 0 Å². The minimum Gasteiger partial charge on any atom is -0.462 e. The molecule has 1 aliphatic rings. The van der Waals surface area contributed by atoms with E-state index in [4.69, 9.17) is 16.2 Å². The van der Waals surface area contributed by atoms with Gasteiger partial charge in [-0.15, -0.1) is 0 Å². The number of guanidine groups is 1. The summed E-state index contributed by atoms with van der Waals surface area (Å²) in [5.74, 6) is 0.247. The maximum atomic E-state index is 5.75. The van der Waals surface area contributed by atoms with Gasteiger partial charge in [0.05, 0.1) is 6.33 Å². The second-order valence-corrected chi connectivity index (χ2v) is 5.89. The SMILES string of the molecule is CC(C)n1cnc2c(N=C(N)N)nc(OC[C@@H]3CCCN3)nc21. The minimum absolute atomic E-state index is 0.0764. The molecular formula is C14H22N8O. The van der Waals surface area contributed by atoms with Crippen molar-refractivity contribution in [2.45, 2.75) is 38.8 Å². The number of nitrogens with one attached hydrogen (secondary N) is 1. The fraction of sp³-hybridized carbons (Fsp3) is 0.571. The fourth-order valence-corrected chi connectivity index (χ4v) is 2.60. The van der Waals surface area contributed by atoms with Gasteiger partial charge in [-0.05, 0) is 33.2 Å². The third kappa shape index (κ3) is 3.34. The van der Waals surface area contributed by atoms with E-state index >= 15 is 0 Å². The highest BCUT2D eigenvalue weighted by molar-refractivity contribution is 5.87. The van der Waals surface area contributed by atoms with Crippen LogP contribution in [0.3, 0.4) is 0 Å². The van der Waals surface area contributed by atoms with E-state index in [9.17, 15) is 0 Å². The molecule has 0 radical (unpaired) electrons. The van der Waals surface area contributed by atoms with Crippen LogP contribution in [0.1, 0.15) is 32.7 Å². The van der Waals surface area contributed by atoms with Crippen LogP contribution in [0.4, 0.5) is 5.82 Å². The van der Waals surface area contributed by atoms with Crippen LogP contribution in [0, 0.1) is 0 Å². The largest absolute Gasteiger partial charge is 0.462 e. The van der Waals surface area contributed by atoms with E-state index in [-0.39, 0.29) is 18.0 Å². The Bertz CT molecular complexity index is 713. The van der Waals surface area contributed by atoms with Gasteiger partial charge in [-0.25, -0.2) is 4.98 Å². The fourth-order valence-electron chi connectivity index (χ4n) is 2.60. The monoisotopic (exact) mass is 318 g/mol. The van der Waals surface area contributed by atoms with Gasteiger partial charge >= 0.3 is 6.01 Å². The highest BCUT2D eigenvalue weighted by Crippen LogP contribution is 2.26. The van der Waals surface area contributed by atoms with E-state index in [1.54, 1.807) is 6.33 Å². The van der Waals surface area contributed by atoms with E-state index in [1.807, 2.05) is 18.4 Å². The third-order valence-electron chi connectivity index (χ3n) is 3.75. The van der Waals surface area contributed by atoms with Crippen molar-refractivity contribution in [1.29, 1.82) is 0 Å². The van der Waals surface area contributed by atoms with Gasteiger partial charge in [-0.1, -0.05) is 0 Å². The van der Waals surface area contributed by atoms with E-state index in [0.29, 0.717) is 29.6 Å². The average Bonchev–Trinajstić information content (AvgIpc) is 3.13. The predicted molar refractivity (Wildman–Crippen MR) is 87.7 cm³/mol. The van der Waals surface area contributed by atoms with Gasteiger partial charge in [0.1, 0.15) is 6.61 Å². The van der Waals surface area contributed by atoms with E-state index in [2.05, 4.69) is 25.3 Å². The maximum Gasteiger partial charge on any atom is 0.320 e. The van der Waals surface area contributed by atoms with Gasteiger partial charge in [-0.2, -0.15) is 15.0 Å². The molecule has 0 spiro atoms. The molecule has 0 bridgehead atoms. The third-order valence-corrected chi connectivity index (χ3v) is 3.75. The zero-order valence-electron chi connectivity index (χ0n) is 13.4. The van der Waals surface area contributed by atoms with Crippen molar-refractivity contribution < 1.29 is 4.74 Å². The zero-order valence-corrected chi connectivity index (χ0v) is 13.4. The average molecular weight is 318 g/mol. The number of nitrogens with two attached hydrogens (primary N) is 2. The number of aliphatic imine (C=N–C) groups is 1. The Kier molecular flexibility index (Phi) is 4.28. The molecule has 23 heavy (non-hydrogen) atoms. The lowest BCUT2D eigenvalue weighted by molar-refractivity contribution is 0.258. The molecule has 5 N–H and O–H groups in total. The Balaban J connectivity index is 1.96. The summed E-state index contributed by atoms with van der Waals surface area (Å²) in [4.78, 5) is 17.1. The first-order valence-corrected chi connectivity index (χ1v) is 7.75. The second kappa shape index (κ2) is 6.37.